The van der Waals surface area contributed by atoms with Gasteiger partial charge in [-0.15, -0.1) is 5.10 Å². The Hall–Kier alpha value is -2.80. The molecule has 1 heterocycles. The van der Waals surface area contributed by atoms with E-state index in [0.717, 1.165) is 12.1 Å². The van der Waals surface area contributed by atoms with Crippen LogP contribution in [-0.4, -0.2) is 15.2 Å². The number of nitrogens with zero attached hydrogens (tertiary/aromatic N) is 3. The van der Waals surface area contributed by atoms with Crippen LogP contribution in [-0.2, 0) is 0 Å². The van der Waals surface area contributed by atoms with E-state index in [9.17, 15) is 8.78 Å². The number of aromatic nitrogens is 3. The average Bonchev–Trinajstić information content (AvgIpc) is 2.53. The summed E-state index contributed by atoms with van der Waals surface area (Å²) in [4.78, 5) is 4.15. The second kappa shape index (κ2) is 6.53. The highest BCUT2D eigenvalue weighted by atomic mass is 35.5. The van der Waals surface area contributed by atoms with Crippen LogP contribution in [0.25, 0.3) is 0 Å². The Morgan fingerprint density at radius 3 is 2.57 bits per heavy atom. The van der Waals surface area contributed by atoms with Crippen LogP contribution in [0.15, 0.2) is 48.7 Å². The lowest BCUT2D eigenvalue weighted by atomic mass is 10.3. The molecule has 2 N–H and O–H groups in total. The summed E-state index contributed by atoms with van der Waals surface area (Å²) in [7, 11) is 0. The molecule has 0 aliphatic carbocycles. The lowest BCUT2D eigenvalue weighted by Gasteiger charge is -2.09. The monoisotopic (exact) mass is 333 g/mol. The number of hydrogen-bond acceptors (Lipinski definition) is 5. The molecule has 0 fully saturated rings. The Balaban J connectivity index is 1.81. The summed E-state index contributed by atoms with van der Waals surface area (Å²) in [5, 5.41) is 13.7. The Kier molecular flexibility index (Phi) is 4.29. The van der Waals surface area contributed by atoms with Gasteiger partial charge >= 0.3 is 0 Å². The summed E-state index contributed by atoms with van der Waals surface area (Å²) in [5.74, 6) is -0.954. The molecule has 0 unspecified atom stereocenters. The van der Waals surface area contributed by atoms with Gasteiger partial charge in [0.15, 0.2) is 5.82 Å². The van der Waals surface area contributed by atoms with Gasteiger partial charge in [-0.25, -0.2) is 8.78 Å². The quantitative estimate of drug-likeness (QED) is 0.745. The van der Waals surface area contributed by atoms with Gasteiger partial charge in [-0.1, -0.05) is 23.7 Å². The third-order valence-corrected chi connectivity index (χ3v) is 3.20. The zero-order chi connectivity index (χ0) is 16.2. The molecule has 2 aromatic carbocycles. The first-order valence-electron chi connectivity index (χ1n) is 6.55. The summed E-state index contributed by atoms with van der Waals surface area (Å²) in [6, 6.07) is 10.3. The summed E-state index contributed by atoms with van der Waals surface area (Å²) in [6.45, 7) is 0. The van der Waals surface area contributed by atoms with Gasteiger partial charge in [0.1, 0.15) is 11.6 Å². The van der Waals surface area contributed by atoms with E-state index in [1.54, 1.807) is 24.3 Å². The van der Waals surface area contributed by atoms with Crippen LogP contribution in [0, 0.1) is 11.6 Å². The Morgan fingerprint density at radius 1 is 0.957 bits per heavy atom. The van der Waals surface area contributed by atoms with Crippen molar-refractivity contribution in [3.8, 4) is 0 Å². The van der Waals surface area contributed by atoms with Gasteiger partial charge in [-0.2, -0.15) is 10.1 Å². The fourth-order valence-corrected chi connectivity index (χ4v) is 2.01. The first-order valence-corrected chi connectivity index (χ1v) is 6.93. The molecule has 0 atom stereocenters. The number of benzene rings is 2. The Labute approximate surface area is 135 Å². The van der Waals surface area contributed by atoms with Crippen molar-refractivity contribution in [3.63, 3.8) is 0 Å². The summed E-state index contributed by atoms with van der Waals surface area (Å²) in [5.41, 5.74) is 0.691. The number of nitrogens with one attached hydrogen (secondary N) is 2. The topological polar surface area (TPSA) is 62.7 Å². The van der Waals surface area contributed by atoms with Gasteiger partial charge in [-0.3, -0.25) is 0 Å². The SMILES string of the molecule is Fc1ccc(Nc2cnnc(Nc3ccccc3Cl)n2)c(F)c1. The molecule has 0 bridgehead atoms. The molecule has 0 amide bonds. The maximum Gasteiger partial charge on any atom is 0.249 e. The van der Waals surface area contributed by atoms with Gasteiger partial charge in [0.2, 0.25) is 5.95 Å². The van der Waals surface area contributed by atoms with Crippen LogP contribution < -0.4 is 10.6 Å². The second-order valence-corrected chi connectivity index (χ2v) is 4.93. The summed E-state index contributed by atoms with van der Waals surface area (Å²) in [6.07, 6.45) is 1.32. The Bertz CT molecular complexity index is 844. The standard InChI is InChI=1S/C15H10ClF2N5/c16-10-3-1-2-4-12(10)21-15-22-14(8-19-23-15)20-13-6-5-9(17)7-11(13)18/h1-8H,(H2,20,21,22,23). The van der Waals surface area contributed by atoms with Gasteiger partial charge in [0, 0.05) is 6.07 Å². The molecule has 3 aromatic rings. The van der Waals surface area contributed by atoms with Crippen molar-refractivity contribution in [3.05, 3.63) is 65.3 Å². The van der Waals surface area contributed by atoms with E-state index in [1.807, 2.05) is 0 Å². The number of rotatable bonds is 4. The molecular formula is C15H10ClF2N5. The number of anilines is 4. The lowest BCUT2D eigenvalue weighted by Crippen LogP contribution is -2.03. The van der Waals surface area contributed by atoms with Gasteiger partial charge in [0.05, 0.1) is 22.6 Å². The number of para-hydroxylation sites is 1. The van der Waals surface area contributed by atoms with Crippen LogP contribution >= 0.6 is 11.6 Å². The molecule has 8 heteroatoms. The molecule has 0 radical (unpaired) electrons. The third-order valence-electron chi connectivity index (χ3n) is 2.87. The van der Waals surface area contributed by atoms with E-state index in [1.165, 1.54) is 12.3 Å². The van der Waals surface area contributed by atoms with Crippen LogP contribution in [0.4, 0.5) is 31.9 Å². The fraction of sp³-hybridized carbons (Fsp3) is 0. The summed E-state index contributed by atoms with van der Waals surface area (Å²) < 4.78 is 26.5. The minimum Gasteiger partial charge on any atom is -0.336 e. The van der Waals surface area contributed by atoms with Crippen molar-refractivity contribution in [1.82, 2.24) is 15.2 Å². The van der Waals surface area contributed by atoms with Gasteiger partial charge < -0.3 is 10.6 Å². The smallest absolute Gasteiger partial charge is 0.249 e. The van der Waals surface area contributed by atoms with Crippen molar-refractivity contribution in [2.45, 2.75) is 0 Å². The predicted octanol–water partition coefficient (Wildman–Crippen LogP) is 4.29. The molecule has 5 nitrogen and oxygen atoms in total. The van der Waals surface area contributed by atoms with E-state index >= 15 is 0 Å². The van der Waals surface area contributed by atoms with E-state index in [0.29, 0.717) is 10.7 Å². The molecule has 0 saturated carbocycles. The van der Waals surface area contributed by atoms with Crippen LogP contribution in [0.1, 0.15) is 0 Å². The van der Waals surface area contributed by atoms with Crippen molar-refractivity contribution in [2.24, 2.45) is 0 Å². The largest absolute Gasteiger partial charge is 0.336 e. The van der Waals surface area contributed by atoms with Gasteiger partial charge in [0.25, 0.3) is 0 Å². The van der Waals surface area contributed by atoms with E-state index in [2.05, 4.69) is 25.8 Å². The summed E-state index contributed by atoms with van der Waals surface area (Å²) >= 11 is 6.04. The molecule has 0 aliphatic rings. The third kappa shape index (κ3) is 3.70. The second-order valence-electron chi connectivity index (χ2n) is 4.52. The zero-order valence-electron chi connectivity index (χ0n) is 11.6. The molecule has 0 spiro atoms. The molecule has 3 rings (SSSR count). The zero-order valence-corrected chi connectivity index (χ0v) is 12.4. The van der Waals surface area contributed by atoms with Crippen LogP contribution in [0.3, 0.4) is 0 Å². The molecule has 23 heavy (non-hydrogen) atoms. The van der Waals surface area contributed by atoms with Crippen molar-refractivity contribution in [2.75, 3.05) is 10.6 Å². The van der Waals surface area contributed by atoms with E-state index in [4.69, 9.17) is 11.6 Å². The Morgan fingerprint density at radius 2 is 1.78 bits per heavy atom. The molecular weight excluding hydrogens is 324 g/mol. The number of halogens is 3. The molecule has 1 aromatic heterocycles. The van der Waals surface area contributed by atoms with E-state index < -0.39 is 11.6 Å². The van der Waals surface area contributed by atoms with Crippen molar-refractivity contribution < 1.29 is 8.78 Å². The predicted molar refractivity (Wildman–Crippen MR) is 84.2 cm³/mol. The van der Waals surface area contributed by atoms with Crippen LogP contribution in [0.5, 0.6) is 0 Å². The highest BCUT2D eigenvalue weighted by molar-refractivity contribution is 6.33. The molecule has 116 valence electrons. The minimum absolute atomic E-state index is 0.0793. The van der Waals surface area contributed by atoms with Crippen molar-refractivity contribution >= 4 is 34.7 Å². The fourth-order valence-electron chi connectivity index (χ4n) is 1.83. The highest BCUT2D eigenvalue weighted by Gasteiger charge is 2.07. The van der Waals surface area contributed by atoms with Crippen molar-refractivity contribution in [1.29, 1.82) is 0 Å². The lowest BCUT2D eigenvalue weighted by molar-refractivity contribution is 0.586. The molecule has 0 aliphatic heterocycles. The average molecular weight is 334 g/mol. The minimum atomic E-state index is -0.732. The van der Waals surface area contributed by atoms with E-state index in [-0.39, 0.29) is 17.5 Å². The first-order chi connectivity index (χ1) is 11.1. The number of hydrogen-bond donors (Lipinski definition) is 2. The maximum atomic E-state index is 13.6. The normalized spacial score (nSPS) is 10.4. The maximum absolute atomic E-state index is 13.6. The highest BCUT2D eigenvalue weighted by Crippen LogP contribution is 2.24. The first kappa shape index (κ1) is 15.1. The van der Waals surface area contributed by atoms with Gasteiger partial charge in [-0.05, 0) is 24.3 Å². The molecule has 0 saturated heterocycles. The van der Waals surface area contributed by atoms with Crippen LogP contribution in [0.2, 0.25) is 5.02 Å².